The van der Waals surface area contributed by atoms with E-state index in [2.05, 4.69) is 22.0 Å². The number of aliphatic hydroxyl groups excluding tert-OH is 1. The number of nitrogens with one attached hydrogen (secondary N) is 1. The number of nitrogens with zero attached hydrogens (tertiary/aromatic N) is 3. The highest BCUT2D eigenvalue weighted by molar-refractivity contribution is 14.0. The topological polar surface area (TPSA) is 60.3 Å². The summed E-state index contributed by atoms with van der Waals surface area (Å²) in [5.74, 6) is 2.44. The summed E-state index contributed by atoms with van der Waals surface area (Å²) in [7, 11) is 1.64. The minimum absolute atomic E-state index is 0. The smallest absolute Gasteiger partial charge is 0.194 e. The molecule has 2 fully saturated rings. The Morgan fingerprint density at radius 1 is 1.25 bits per heavy atom. The van der Waals surface area contributed by atoms with Crippen LogP contribution in [0.2, 0.25) is 0 Å². The van der Waals surface area contributed by atoms with Crippen LogP contribution in [0.3, 0.4) is 0 Å². The van der Waals surface area contributed by atoms with E-state index >= 15 is 0 Å². The van der Waals surface area contributed by atoms with Crippen LogP contribution in [0.5, 0.6) is 5.75 Å². The zero-order chi connectivity index (χ0) is 19.1. The normalized spacial score (nSPS) is 21.5. The highest BCUT2D eigenvalue weighted by Crippen LogP contribution is 2.21. The molecule has 2 aliphatic heterocycles. The first-order chi connectivity index (χ1) is 13.2. The van der Waals surface area contributed by atoms with E-state index in [0.717, 1.165) is 42.8 Å². The van der Waals surface area contributed by atoms with Crippen molar-refractivity contribution in [2.45, 2.75) is 32.3 Å². The van der Waals surface area contributed by atoms with Gasteiger partial charge in [0.25, 0.3) is 0 Å². The van der Waals surface area contributed by atoms with Gasteiger partial charge in [0.2, 0.25) is 0 Å². The highest BCUT2D eigenvalue weighted by Gasteiger charge is 2.27. The van der Waals surface area contributed by atoms with Gasteiger partial charge in [-0.05, 0) is 62.9 Å². The summed E-state index contributed by atoms with van der Waals surface area (Å²) in [6.07, 6.45) is 3.32. The summed E-state index contributed by atoms with van der Waals surface area (Å²) in [5, 5.41) is 13.9. The molecule has 1 aromatic rings. The van der Waals surface area contributed by atoms with Gasteiger partial charge in [-0.1, -0.05) is 12.1 Å². The molecule has 0 amide bonds. The number of hydrogen-bond donors (Lipinski definition) is 2. The first-order valence-electron chi connectivity index (χ1n) is 10.3. The molecule has 2 N–H and O–H groups in total. The van der Waals surface area contributed by atoms with Gasteiger partial charge >= 0.3 is 0 Å². The number of halogens is 1. The molecule has 158 valence electrons. The second kappa shape index (κ2) is 11.8. The van der Waals surface area contributed by atoms with Crippen LogP contribution in [0.25, 0.3) is 0 Å². The largest absolute Gasteiger partial charge is 0.497 e. The molecule has 0 bridgehead atoms. The first-order valence-corrected chi connectivity index (χ1v) is 10.3. The molecule has 2 saturated heterocycles. The molecule has 2 aliphatic rings. The van der Waals surface area contributed by atoms with E-state index in [1.165, 1.54) is 38.9 Å². The second-order valence-electron chi connectivity index (χ2n) is 7.59. The standard InChI is InChI=1S/C21H34N4O2.HI/c1-3-22-21(23-14-20(26)18-6-8-19(27-2)9-7-18)25-13-10-17(16-25)15-24-11-4-5-12-24;/h6-9,17,20,26H,3-5,10-16H2,1-2H3,(H,22,23);1H. The van der Waals surface area contributed by atoms with Gasteiger partial charge in [0.15, 0.2) is 5.96 Å². The molecule has 1 aromatic carbocycles. The Hall–Kier alpha value is -1.06. The molecule has 0 saturated carbocycles. The number of guanidine groups is 1. The summed E-state index contributed by atoms with van der Waals surface area (Å²) >= 11 is 0. The van der Waals surface area contributed by atoms with Crippen LogP contribution in [0.4, 0.5) is 0 Å². The Kier molecular flexibility index (Phi) is 9.81. The van der Waals surface area contributed by atoms with E-state index < -0.39 is 6.10 Å². The second-order valence-corrected chi connectivity index (χ2v) is 7.59. The number of methoxy groups -OCH3 is 1. The monoisotopic (exact) mass is 502 g/mol. The number of hydrogen-bond acceptors (Lipinski definition) is 4. The molecule has 2 heterocycles. The summed E-state index contributed by atoms with van der Waals surface area (Å²) in [6, 6.07) is 7.54. The number of aliphatic hydroxyl groups is 1. The van der Waals surface area contributed by atoms with E-state index in [9.17, 15) is 5.11 Å². The lowest BCUT2D eigenvalue weighted by Crippen LogP contribution is -2.41. The number of likely N-dealkylation sites (tertiary alicyclic amines) is 2. The van der Waals surface area contributed by atoms with Gasteiger partial charge in [0.05, 0.1) is 19.8 Å². The molecule has 2 unspecified atom stereocenters. The van der Waals surface area contributed by atoms with E-state index in [4.69, 9.17) is 9.73 Å². The third kappa shape index (κ3) is 6.49. The van der Waals surface area contributed by atoms with E-state index in [0.29, 0.717) is 6.54 Å². The molecule has 0 aromatic heterocycles. The van der Waals surface area contributed by atoms with Gasteiger partial charge in [-0.3, -0.25) is 4.99 Å². The van der Waals surface area contributed by atoms with Crippen molar-refractivity contribution in [3.05, 3.63) is 29.8 Å². The zero-order valence-corrected chi connectivity index (χ0v) is 19.5. The van der Waals surface area contributed by atoms with Gasteiger partial charge in [-0.15, -0.1) is 24.0 Å². The average molecular weight is 502 g/mol. The fourth-order valence-corrected chi connectivity index (χ4v) is 4.03. The predicted molar refractivity (Wildman–Crippen MR) is 125 cm³/mol. The lowest BCUT2D eigenvalue weighted by molar-refractivity contribution is 0.186. The van der Waals surface area contributed by atoms with Crippen molar-refractivity contribution in [2.75, 3.05) is 52.9 Å². The third-order valence-electron chi connectivity index (χ3n) is 5.55. The number of ether oxygens (including phenoxy) is 1. The lowest BCUT2D eigenvalue weighted by atomic mass is 10.1. The SMILES string of the molecule is CCNC(=NCC(O)c1ccc(OC)cc1)N1CCC(CN2CCCC2)C1.I. The molecule has 28 heavy (non-hydrogen) atoms. The van der Waals surface area contributed by atoms with Crippen LogP contribution in [0.1, 0.15) is 37.9 Å². The van der Waals surface area contributed by atoms with Gasteiger partial charge in [-0.2, -0.15) is 0 Å². The molecule has 0 aliphatic carbocycles. The van der Waals surface area contributed by atoms with Gasteiger partial charge < -0.3 is 25.0 Å². The van der Waals surface area contributed by atoms with Gasteiger partial charge in [0.1, 0.15) is 5.75 Å². The van der Waals surface area contributed by atoms with Crippen molar-refractivity contribution >= 4 is 29.9 Å². The number of rotatable bonds is 7. The molecule has 0 radical (unpaired) electrons. The summed E-state index contributed by atoms with van der Waals surface area (Å²) < 4.78 is 5.17. The molecular weight excluding hydrogens is 467 g/mol. The highest BCUT2D eigenvalue weighted by atomic mass is 127. The first kappa shape index (κ1) is 23.2. The van der Waals surface area contributed by atoms with Crippen LogP contribution in [0.15, 0.2) is 29.3 Å². The van der Waals surface area contributed by atoms with Crippen LogP contribution in [-0.4, -0.2) is 73.8 Å². The minimum Gasteiger partial charge on any atom is -0.497 e. The molecule has 6 nitrogen and oxygen atoms in total. The Bertz CT molecular complexity index is 605. The molecule has 2 atom stereocenters. The predicted octanol–water partition coefficient (Wildman–Crippen LogP) is 2.73. The Balaban J connectivity index is 0.00000280. The van der Waals surface area contributed by atoms with Gasteiger partial charge in [-0.25, -0.2) is 0 Å². The van der Waals surface area contributed by atoms with E-state index in [-0.39, 0.29) is 24.0 Å². The number of benzene rings is 1. The summed E-state index contributed by atoms with van der Waals surface area (Å²) in [4.78, 5) is 9.67. The minimum atomic E-state index is -0.604. The fraction of sp³-hybridized carbons (Fsp3) is 0.667. The van der Waals surface area contributed by atoms with Crippen LogP contribution < -0.4 is 10.1 Å². The Labute approximate surface area is 186 Å². The number of aliphatic imine (C=N–C) groups is 1. The Morgan fingerprint density at radius 3 is 2.61 bits per heavy atom. The third-order valence-corrected chi connectivity index (χ3v) is 5.55. The van der Waals surface area contributed by atoms with E-state index in [1.54, 1.807) is 7.11 Å². The summed E-state index contributed by atoms with van der Waals surface area (Å²) in [6.45, 7) is 9.13. The molecule has 0 spiro atoms. The quantitative estimate of drug-likeness (QED) is 0.341. The van der Waals surface area contributed by atoms with Crippen molar-refractivity contribution in [3.8, 4) is 5.75 Å². The lowest BCUT2D eigenvalue weighted by Gasteiger charge is -2.23. The average Bonchev–Trinajstić information content (AvgIpc) is 3.37. The molecule has 3 rings (SSSR count). The van der Waals surface area contributed by atoms with Crippen LogP contribution >= 0.6 is 24.0 Å². The maximum Gasteiger partial charge on any atom is 0.194 e. The van der Waals surface area contributed by atoms with Crippen molar-refractivity contribution in [3.63, 3.8) is 0 Å². The van der Waals surface area contributed by atoms with Crippen LogP contribution in [-0.2, 0) is 0 Å². The van der Waals surface area contributed by atoms with Gasteiger partial charge in [0, 0.05) is 26.2 Å². The fourth-order valence-electron chi connectivity index (χ4n) is 4.03. The zero-order valence-electron chi connectivity index (χ0n) is 17.1. The van der Waals surface area contributed by atoms with Crippen molar-refractivity contribution in [1.29, 1.82) is 0 Å². The maximum absolute atomic E-state index is 10.5. The van der Waals surface area contributed by atoms with Crippen molar-refractivity contribution in [2.24, 2.45) is 10.9 Å². The van der Waals surface area contributed by atoms with Crippen molar-refractivity contribution < 1.29 is 9.84 Å². The maximum atomic E-state index is 10.5. The van der Waals surface area contributed by atoms with Crippen molar-refractivity contribution in [1.82, 2.24) is 15.1 Å². The molecule has 7 heteroatoms. The molecular formula is C21H35IN4O2. The summed E-state index contributed by atoms with van der Waals surface area (Å²) in [5.41, 5.74) is 0.865. The Morgan fingerprint density at radius 2 is 1.96 bits per heavy atom. The van der Waals surface area contributed by atoms with E-state index in [1.807, 2.05) is 24.3 Å². The van der Waals surface area contributed by atoms with Crippen LogP contribution in [0, 0.1) is 5.92 Å².